The van der Waals surface area contributed by atoms with Crippen LogP contribution < -0.4 is 0 Å². The van der Waals surface area contributed by atoms with Crippen LogP contribution in [0, 0.1) is 0 Å². The van der Waals surface area contributed by atoms with Crippen LogP contribution in [0.5, 0.6) is 0 Å². The van der Waals surface area contributed by atoms with E-state index < -0.39 is 12.1 Å². The third kappa shape index (κ3) is 3.47. The minimum absolute atomic E-state index is 0.486. The summed E-state index contributed by atoms with van der Waals surface area (Å²) in [5.74, 6) is 0. The summed E-state index contributed by atoms with van der Waals surface area (Å²) in [6, 6.07) is -0.972. The standard InChI is InChI=1S/C10H16N4O4/c15-9(13-1-5-17-6-2-13)11-12-10(16)14-3-7-18-8-4-14/h1-8H2/b12-11+. The number of carbonyl (C=O) groups is 2. The first kappa shape index (κ1) is 12.9. The number of azo groups is 1. The normalized spacial score (nSPS) is 21.3. The van der Waals surface area contributed by atoms with Crippen molar-refractivity contribution in [2.24, 2.45) is 10.2 Å². The molecule has 0 aliphatic carbocycles. The van der Waals surface area contributed by atoms with E-state index >= 15 is 0 Å². The van der Waals surface area contributed by atoms with Crippen LogP contribution in [-0.4, -0.2) is 74.5 Å². The molecule has 2 rings (SSSR count). The highest BCUT2D eigenvalue weighted by Crippen LogP contribution is 2.03. The van der Waals surface area contributed by atoms with Gasteiger partial charge in [0.25, 0.3) is 0 Å². The quantitative estimate of drug-likeness (QED) is 0.585. The highest BCUT2D eigenvalue weighted by molar-refractivity contribution is 5.79. The van der Waals surface area contributed by atoms with E-state index in [1.807, 2.05) is 0 Å². The van der Waals surface area contributed by atoms with Crippen LogP contribution in [0.1, 0.15) is 0 Å². The second-order valence-electron chi connectivity index (χ2n) is 3.96. The van der Waals surface area contributed by atoms with Gasteiger partial charge >= 0.3 is 12.1 Å². The van der Waals surface area contributed by atoms with E-state index in [4.69, 9.17) is 9.47 Å². The van der Waals surface area contributed by atoms with Gasteiger partial charge in [-0.05, 0) is 0 Å². The van der Waals surface area contributed by atoms with Crippen molar-refractivity contribution in [2.45, 2.75) is 0 Å². The number of morpholine rings is 2. The maximum absolute atomic E-state index is 11.6. The third-order valence-electron chi connectivity index (χ3n) is 2.78. The molecule has 0 N–H and O–H groups in total. The zero-order valence-corrected chi connectivity index (χ0v) is 10.1. The maximum Gasteiger partial charge on any atom is 0.362 e. The topological polar surface area (TPSA) is 83.8 Å². The number of carbonyl (C=O) groups excluding carboxylic acids is 2. The van der Waals surface area contributed by atoms with Gasteiger partial charge in [0.15, 0.2) is 0 Å². The van der Waals surface area contributed by atoms with Crippen LogP contribution in [-0.2, 0) is 9.47 Å². The minimum Gasteiger partial charge on any atom is -0.378 e. The Hall–Kier alpha value is -1.54. The van der Waals surface area contributed by atoms with Crippen molar-refractivity contribution in [1.82, 2.24) is 9.80 Å². The molecule has 2 fully saturated rings. The minimum atomic E-state index is -0.486. The number of urea groups is 2. The molecule has 0 saturated carbocycles. The molecule has 2 saturated heterocycles. The fourth-order valence-corrected chi connectivity index (χ4v) is 1.72. The molecule has 0 unspecified atom stereocenters. The number of hydrogen-bond donors (Lipinski definition) is 0. The first-order valence-electron chi connectivity index (χ1n) is 5.92. The smallest absolute Gasteiger partial charge is 0.362 e. The van der Waals surface area contributed by atoms with Crippen molar-refractivity contribution in [2.75, 3.05) is 52.6 Å². The molecule has 18 heavy (non-hydrogen) atoms. The summed E-state index contributed by atoms with van der Waals surface area (Å²) in [7, 11) is 0. The summed E-state index contributed by atoms with van der Waals surface area (Å²) in [6.07, 6.45) is 0. The van der Waals surface area contributed by atoms with Gasteiger partial charge in [0, 0.05) is 26.2 Å². The second-order valence-corrected chi connectivity index (χ2v) is 3.96. The maximum atomic E-state index is 11.6. The van der Waals surface area contributed by atoms with Gasteiger partial charge < -0.3 is 19.3 Å². The van der Waals surface area contributed by atoms with Gasteiger partial charge in [0.05, 0.1) is 26.4 Å². The fraction of sp³-hybridized carbons (Fsp3) is 0.800. The molecular weight excluding hydrogens is 240 g/mol. The second kappa shape index (κ2) is 6.41. The Bertz CT molecular complexity index is 303. The summed E-state index contributed by atoms with van der Waals surface area (Å²) in [5, 5.41) is 6.89. The van der Waals surface area contributed by atoms with Gasteiger partial charge in [-0.15, -0.1) is 0 Å². The van der Waals surface area contributed by atoms with Crippen molar-refractivity contribution >= 4 is 12.1 Å². The Morgan fingerprint density at radius 3 is 1.39 bits per heavy atom. The zero-order chi connectivity index (χ0) is 12.8. The molecule has 100 valence electrons. The first-order valence-corrected chi connectivity index (χ1v) is 5.92. The number of ether oxygens (including phenoxy) is 2. The van der Waals surface area contributed by atoms with E-state index in [2.05, 4.69) is 10.2 Å². The van der Waals surface area contributed by atoms with Gasteiger partial charge in [-0.25, -0.2) is 9.59 Å². The van der Waals surface area contributed by atoms with Crippen molar-refractivity contribution in [3.05, 3.63) is 0 Å². The van der Waals surface area contributed by atoms with Crippen molar-refractivity contribution < 1.29 is 19.1 Å². The van der Waals surface area contributed by atoms with E-state index in [1.54, 1.807) is 0 Å². The van der Waals surface area contributed by atoms with Gasteiger partial charge in [0.2, 0.25) is 0 Å². The number of amides is 4. The van der Waals surface area contributed by atoms with Gasteiger partial charge in [-0.1, -0.05) is 10.2 Å². The van der Waals surface area contributed by atoms with Gasteiger partial charge in [0.1, 0.15) is 0 Å². The van der Waals surface area contributed by atoms with Crippen molar-refractivity contribution in [3.8, 4) is 0 Å². The summed E-state index contributed by atoms with van der Waals surface area (Å²) in [4.78, 5) is 26.2. The number of rotatable bonds is 0. The predicted molar refractivity (Wildman–Crippen MR) is 60.4 cm³/mol. The average Bonchev–Trinajstić information content (AvgIpc) is 2.46. The zero-order valence-electron chi connectivity index (χ0n) is 10.1. The third-order valence-corrected chi connectivity index (χ3v) is 2.78. The molecular formula is C10H16N4O4. The van der Waals surface area contributed by atoms with E-state index in [0.29, 0.717) is 52.6 Å². The lowest BCUT2D eigenvalue weighted by molar-refractivity contribution is 0.0532. The predicted octanol–water partition coefficient (Wildman–Crippen LogP) is 0.343. The molecule has 0 radical (unpaired) electrons. The molecule has 0 spiro atoms. The van der Waals surface area contributed by atoms with Crippen LogP contribution in [0.15, 0.2) is 10.2 Å². The molecule has 2 heterocycles. The Kier molecular flexibility index (Phi) is 4.59. The highest BCUT2D eigenvalue weighted by Gasteiger charge is 2.19. The van der Waals surface area contributed by atoms with E-state index in [-0.39, 0.29) is 0 Å². The molecule has 0 aromatic carbocycles. The molecule has 0 aromatic heterocycles. The molecule has 8 heteroatoms. The SMILES string of the molecule is O=C(/N=N/C(=O)N1CCOCC1)N1CCOCC1. The highest BCUT2D eigenvalue weighted by atomic mass is 16.5. The molecule has 0 aromatic rings. The monoisotopic (exact) mass is 256 g/mol. The van der Waals surface area contributed by atoms with E-state index in [0.717, 1.165) is 0 Å². The van der Waals surface area contributed by atoms with E-state index in [9.17, 15) is 9.59 Å². The molecule has 4 amide bonds. The van der Waals surface area contributed by atoms with E-state index in [1.165, 1.54) is 9.80 Å². The lowest BCUT2D eigenvalue weighted by atomic mass is 10.4. The molecule has 0 bridgehead atoms. The Morgan fingerprint density at radius 2 is 1.06 bits per heavy atom. The van der Waals surface area contributed by atoms with Crippen LogP contribution in [0.25, 0.3) is 0 Å². The average molecular weight is 256 g/mol. The van der Waals surface area contributed by atoms with Crippen LogP contribution in [0.2, 0.25) is 0 Å². The molecule has 0 atom stereocenters. The largest absolute Gasteiger partial charge is 0.378 e. The first-order chi connectivity index (χ1) is 8.77. The molecule has 8 nitrogen and oxygen atoms in total. The summed E-state index contributed by atoms with van der Waals surface area (Å²) < 4.78 is 10.2. The number of hydrogen-bond acceptors (Lipinski definition) is 4. The molecule has 2 aliphatic rings. The summed E-state index contributed by atoms with van der Waals surface area (Å²) in [5.41, 5.74) is 0. The summed E-state index contributed by atoms with van der Waals surface area (Å²) in [6.45, 7) is 3.95. The van der Waals surface area contributed by atoms with Crippen LogP contribution >= 0.6 is 0 Å². The van der Waals surface area contributed by atoms with Crippen molar-refractivity contribution in [3.63, 3.8) is 0 Å². The Balaban J connectivity index is 1.81. The lowest BCUT2D eigenvalue weighted by Crippen LogP contribution is -2.40. The fourth-order valence-electron chi connectivity index (χ4n) is 1.72. The van der Waals surface area contributed by atoms with Crippen LogP contribution in [0.4, 0.5) is 9.59 Å². The number of nitrogens with zero attached hydrogens (tertiary/aromatic N) is 4. The van der Waals surface area contributed by atoms with Gasteiger partial charge in [-0.2, -0.15) is 0 Å². The van der Waals surface area contributed by atoms with Gasteiger partial charge in [-0.3, -0.25) is 0 Å². The lowest BCUT2D eigenvalue weighted by Gasteiger charge is -2.25. The Morgan fingerprint density at radius 1 is 0.722 bits per heavy atom. The van der Waals surface area contributed by atoms with Crippen molar-refractivity contribution in [1.29, 1.82) is 0 Å². The summed E-state index contributed by atoms with van der Waals surface area (Å²) >= 11 is 0. The van der Waals surface area contributed by atoms with Crippen LogP contribution in [0.3, 0.4) is 0 Å². The Labute approximate surface area is 105 Å². The molecule has 2 aliphatic heterocycles.